The number of carbonyl (C=O) groups excluding carboxylic acids is 2. The second kappa shape index (κ2) is 6.63. The lowest BCUT2D eigenvalue weighted by Gasteiger charge is -2.17. The number of hydrogen-bond donors (Lipinski definition) is 3. The molecule has 0 radical (unpaired) electrons. The number of rotatable bonds is 5. The highest BCUT2D eigenvalue weighted by Crippen LogP contribution is 2.14. The van der Waals surface area contributed by atoms with Crippen molar-refractivity contribution in [3.8, 4) is 0 Å². The number of benzene rings is 1. The molecule has 0 aliphatic heterocycles. The first-order valence-electron chi connectivity index (χ1n) is 7.41. The van der Waals surface area contributed by atoms with E-state index < -0.39 is 29.0 Å². The van der Waals surface area contributed by atoms with Crippen LogP contribution in [0.1, 0.15) is 27.6 Å². The third-order valence-electron chi connectivity index (χ3n) is 3.88. The number of anilines is 2. The average Bonchev–Trinajstić information content (AvgIpc) is 2.58. The van der Waals surface area contributed by atoms with Crippen LogP contribution in [0, 0.1) is 0 Å². The second-order valence-corrected chi connectivity index (χ2v) is 5.64. The molecule has 25 heavy (non-hydrogen) atoms. The van der Waals surface area contributed by atoms with E-state index in [4.69, 9.17) is 11.5 Å². The molecule has 2 aromatic rings. The molecular formula is C16H19N5O4. The normalized spacial score (nSPS) is 11.8. The van der Waals surface area contributed by atoms with Crippen LogP contribution in [0.25, 0.3) is 0 Å². The molecule has 0 aliphatic carbocycles. The molecule has 1 aromatic carbocycles. The van der Waals surface area contributed by atoms with Gasteiger partial charge in [0, 0.05) is 25.3 Å². The number of ketones is 1. The van der Waals surface area contributed by atoms with Crippen molar-refractivity contribution < 1.29 is 9.59 Å². The molecule has 132 valence electrons. The summed E-state index contributed by atoms with van der Waals surface area (Å²) in [5.41, 5.74) is 10.1. The first-order chi connectivity index (χ1) is 11.6. The molecule has 0 aliphatic rings. The van der Waals surface area contributed by atoms with Crippen LogP contribution < -0.4 is 28.0 Å². The Balaban J connectivity index is 2.39. The van der Waals surface area contributed by atoms with Gasteiger partial charge in [0.05, 0.1) is 6.04 Å². The summed E-state index contributed by atoms with van der Waals surface area (Å²) < 4.78 is 1.86. The standard InChI is InChI=1S/C16H19N5O4/c1-8(19-10-6-4-5-9(7-10)14(18)23)12(22)11-13(17)20(2)16(25)21(3)15(11)24/h4-8,19H,17H2,1-3H3,(H2,18,23). The van der Waals surface area contributed by atoms with Gasteiger partial charge in [-0.2, -0.15) is 0 Å². The minimum Gasteiger partial charge on any atom is -0.384 e. The summed E-state index contributed by atoms with van der Waals surface area (Å²) in [5, 5.41) is 2.89. The van der Waals surface area contributed by atoms with Crippen molar-refractivity contribution in [3.05, 3.63) is 56.2 Å². The van der Waals surface area contributed by atoms with E-state index in [9.17, 15) is 19.2 Å². The number of aromatic nitrogens is 2. The largest absolute Gasteiger partial charge is 0.384 e. The third-order valence-corrected chi connectivity index (χ3v) is 3.88. The van der Waals surface area contributed by atoms with Crippen LogP contribution in [0.5, 0.6) is 0 Å². The monoisotopic (exact) mass is 345 g/mol. The van der Waals surface area contributed by atoms with Crippen molar-refractivity contribution in [2.24, 2.45) is 19.8 Å². The zero-order valence-electron chi connectivity index (χ0n) is 14.1. The number of carbonyl (C=O) groups is 2. The lowest BCUT2D eigenvalue weighted by Crippen LogP contribution is -2.43. The minimum atomic E-state index is -0.823. The summed E-state index contributed by atoms with van der Waals surface area (Å²) in [6.45, 7) is 1.54. The molecule has 0 bridgehead atoms. The van der Waals surface area contributed by atoms with Crippen LogP contribution >= 0.6 is 0 Å². The Morgan fingerprint density at radius 1 is 1.16 bits per heavy atom. The molecule has 1 heterocycles. The Labute approximate surface area is 142 Å². The Kier molecular flexibility index (Phi) is 4.77. The lowest BCUT2D eigenvalue weighted by atomic mass is 10.1. The summed E-state index contributed by atoms with van der Waals surface area (Å²) in [6, 6.07) is 5.47. The predicted molar refractivity (Wildman–Crippen MR) is 93.7 cm³/mol. The first kappa shape index (κ1) is 18.0. The van der Waals surface area contributed by atoms with Gasteiger partial charge < -0.3 is 16.8 Å². The molecule has 2 rings (SSSR count). The van der Waals surface area contributed by atoms with Crippen LogP contribution in [0.15, 0.2) is 33.9 Å². The van der Waals surface area contributed by atoms with E-state index in [2.05, 4.69) is 5.32 Å². The van der Waals surface area contributed by atoms with Crippen LogP contribution in [0.3, 0.4) is 0 Å². The van der Waals surface area contributed by atoms with Gasteiger partial charge in [0.25, 0.3) is 5.56 Å². The van der Waals surface area contributed by atoms with Crippen LogP contribution in [0.2, 0.25) is 0 Å². The molecule has 9 nitrogen and oxygen atoms in total. The average molecular weight is 345 g/mol. The quantitative estimate of drug-likeness (QED) is 0.621. The first-order valence-corrected chi connectivity index (χ1v) is 7.41. The Morgan fingerprint density at radius 3 is 2.40 bits per heavy atom. The van der Waals surface area contributed by atoms with Gasteiger partial charge in [0.1, 0.15) is 11.4 Å². The molecule has 1 aromatic heterocycles. The highest BCUT2D eigenvalue weighted by molar-refractivity contribution is 6.04. The van der Waals surface area contributed by atoms with Crippen LogP contribution in [-0.4, -0.2) is 26.9 Å². The van der Waals surface area contributed by atoms with Crippen molar-refractivity contribution in [3.63, 3.8) is 0 Å². The third kappa shape index (κ3) is 3.30. The Hall–Kier alpha value is -3.36. The smallest absolute Gasteiger partial charge is 0.332 e. The topological polar surface area (TPSA) is 142 Å². The van der Waals surface area contributed by atoms with Gasteiger partial charge in [-0.3, -0.25) is 23.5 Å². The fourth-order valence-electron chi connectivity index (χ4n) is 2.39. The van der Waals surface area contributed by atoms with Crippen molar-refractivity contribution in [1.82, 2.24) is 9.13 Å². The maximum absolute atomic E-state index is 12.7. The summed E-state index contributed by atoms with van der Waals surface area (Å²) in [5.74, 6) is -1.37. The van der Waals surface area contributed by atoms with E-state index in [1.54, 1.807) is 25.1 Å². The molecule has 0 fully saturated rings. The van der Waals surface area contributed by atoms with Gasteiger partial charge in [-0.05, 0) is 25.1 Å². The molecule has 1 amide bonds. The fraction of sp³-hybridized carbons (Fsp3) is 0.250. The maximum Gasteiger partial charge on any atom is 0.332 e. The highest BCUT2D eigenvalue weighted by atomic mass is 16.2. The molecule has 9 heteroatoms. The molecule has 0 saturated heterocycles. The van der Waals surface area contributed by atoms with E-state index in [-0.39, 0.29) is 16.9 Å². The summed E-state index contributed by atoms with van der Waals surface area (Å²) >= 11 is 0. The van der Waals surface area contributed by atoms with Crippen molar-refractivity contribution >= 4 is 23.2 Å². The number of nitrogens with two attached hydrogens (primary N) is 2. The van der Waals surface area contributed by atoms with E-state index in [0.29, 0.717) is 5.69 Å². The SMILES string of the molecule is CC(Nc1cccc(C(N)=O)c1)C(=O)c1c(N)n(C)c(=O)n(C)c1=O. The number of nitrogens with zero attached hydrogens (tertiary/aromatic N) is 2. The molecule has 1 unspecified atom stereocenters. The number of primary amides is 1. The van der Waals surface area contributed by atoms with Gasteiger partial charge in [-0.1, -0.05) is 6.07 Å². The Morgan fingerprint density at radius 2 is 1.80 bits per heavy atom. The van der Waals surface area contributed by atoms with Gasteiger partial charge in [0.15, 0.2) is 5.78 Å². The molecule has 5 N–H and O–H groups in total. The van der Waals surface area contributed by atoms with Gasteiger partial charge in [-0.25, -0.2) is 4.79 Å². The van der Waals surface area contributed by atoms with E-state index in [0.717, 1.165) is 9.13 Å². The van der Waals surface area contributed by atoms with Crippen LogP contribution in [-0.2, 0) is 14.1 Å². The minimum absolute atomic E-state index is 0.197. The van der Waals surface area contributed by atoms with Crippen molar-refractivity contribution in [2.45, 2.75) is 13.0 Å². The molecule has 0 spiro atoms. The second-order valence-electron chi connectivity index (χ2n) is 5.64. The summed E-state index contributed by atoms with van der Waals surface area (Å²) in [7, 11) is 2.65. The summed E-state index contributed by atoms with van der Waals surface area (Å²) in [4.78, 5) is 48.0. The molecular weight excluding hydrogens is 326 g/mol. The number of nitrogen functional groups attached to an aromatic ring is 1. The Bertz CT molecular complexity index is 973. The van der Waals surface area contributed by atoms with E-state index >= 15 is 0 Å². The molecule has 0 saturated carbocycles. The molecule has 1 atom stereocenters. The maximum atomic E-state index is 12.7. The fourth-order valence-corrected chi connectivity index (χ4v) is 2.39. The predicted octanol–water partition coefficient (Wildman–Crippen LogP) is -0.552. The van der Waals surface area contributed by atoms with E-state index in [1.807, 2.05) is 0 Å². The number of Topliss-reactive ketones (excluding diaryl/α,β-unsaturated/α-hetero) is 1. The zero-order valence-corrected chi connectivity index (χ0v) is 14.1. The van der Waals surface area contributed by atoms with Gasteiger partial charge >= 0.3 is 5.69 Å². The van der Waals surface area contributed by atoms with Crippen molar-refractivity contribution in [2.75, 3.05) is 11.1 Å². The van der Waals surface area contributed by atoms with Crippen LogP contribution in [0.4, 0.5) is 11.5 Å². The summed E-state index contributed by atoms with van der Waals surface area (Å²) in [6.07, 6.45) is 0. The lowest BCUT2D eigenvalue weighted by molar-refractivity contribution is 0.0972. The number of amides is 1. The van der Waals surface area contributed by atoms with Crippen molar-refractivity contribution in [1.29, 1.82) is 0 Å². The van der Waals surface area contributed by atoms with Gasteiger partial charge in [0.2, 0.25) is 5.91 Å². The number of nitrogens with one attached hydrogen (secondary N) is 1. The zero-order chi connectivity index (χ0) is 18.9. The number of hydrogen-bond acceptors (Lipinski definition) is 6. The highest BCUT2D eigenvalue weighted by Gasteiger charge is 2.24. The van der Waals surface area contributed by atoms with E-state index in [1.165, 1.54) is 20.2 Å². The van der Waals surface area contributed by atoms with Gasteiger partial charge in [-0.15, -0.1) is 0 Å².